The maximum atomic E-state index is 12.5. The maximum absolute atomic E-state index is 12.5. The molecule has 0 spiro atoms. The van der Waals surface area contributed by atoms with Crippen LogP contribution < -0.4 is 5.32 Å². The first kappa shape index (κ1) is 21.7. The number of Topliss-reactive ketones (excluding diaryl/α,β-unsaturated/α-hetero) is 1. The van der Waals surface area contributed by atoms with Gasteiger partial charge in [-0.2, -0.15) is 0 Å². The van der Waals surface area contributed by atoms with E-state index in [1.807, 2.05) is 30.3 Å². The number of thioether (sulfide) groups is 1. The summed E-state index contributed by atoms with van der Waals surface area (Å²) >= 11 is 6.19. The molecule has 1 aliphatic rings. The number of benzene rings is 2. The van der Waals surface area contributed by atoms with Gasteiger partial charge in [-0.05, 0) is 24.1 Å². The van der Waals surface area contributed by atoms with Crippen molar-refractivity contribution in [2.75, 3.05) is 0 Å². The molecule has 0 atom stereocenters. The Morgan fingerprint density at radius 3 is 2.40 bits per heavy atom. The number of carbonyl (C=O) groups is 2. The number of nitrogens with zero attached hydrogens (tertiary/aromatic N) is 1. The monoisotopic (exact) mass is 436 g/mol. The van der Waals surface area contributed by atoms with Gasteiger partial charge in [-0.3, -0.25) is 14.6 Å². The van der Waals surface area contributed by atoms with E-state index in [1.165, 1.54) is 11.8 Å². The van der Waals surface area contributed by atoms with Crippen molar-refractivity contribution in [3.63, 3.8) is 0 Å². The summed E-state index contributed by atoms with van der Waals surface area (Å²) in [5.74, 6) is -0.154. The van der Waals surface area contributed by atoms with Gasteiger partial charge in [-0.25, -0.2) is 0 Å². The van der Waals surface area contributed by atoms with E-state index in [0.717, 1.165) is 11.1 Å². The lowest BCUT2D eigenvalue weighted by molar-refractivity contribution is -0.115. The van der Waals surface area contributed by atoms with Gasteiger partial charge in [-0.1, -0.05) is 78.6 Å². The highest BCUT2D eigenvalue weighted by Gasteiger charge is 2.21. The van der Waals surface area contributed by atoms with Gasteiger partial charge in [-0.15, -0.1) is 0 Å². The molecule has 0 aromatic heterocycles. The van der Waals surface area contributed by atoms with Crippen LogP contribution in [-0.2, 0) is 4.79 Å². The number of allylic oxidation sites excluding steroid dienone is 2. The van der Waals surface area contributed by atoms with Gasteiger partial charge < -0.3 is 10.4 Å². The number of aliphatic imine (C=N–C) groups is 1. The Hall–Kier alpha value is -3.03. The second-order valence-corrected chi connectivity index (χ2v) is 8.32. The van der Waals surface area contributed by atoms with E-state index in [4.69, 9.17) is 12.2 Å². The number of carbonyl (C=O) groups excluding carboxylic acids is 2. The molecule has 1 saturated heterocycles. The van der Waals surface area contributed by atoms with Crippen molar-refractivity contribution in [1.29, 1.82) is 0 Å². The van der Waals surface area contributed by atoms with E-state index in [0.29, 0.717) is 26.9 Å². The largest absolute Gasteiger partial charge is 0.511 e. The Morgan fingerprint density at radius 1 is 1.10 bits per heavy atom. The Kier molecular flexibility index (Phi) is 7.32. The van der Waals surface area contributed by atoms with Crippen LogP contribution in [0.25, 0.3) is 6.08 Å². The number of thiocarbonyl (C=S) groups is 1. The van der Waals surface area contributed by atoms with E-state index >= 15 is 0 Å². The van der Waals surface area contributed by atoms with E-state index in [-0.39, 0.29) is 23.9 Å². The number of hydrogen-bond acceptors (Lipinski definition) is 6. The predicted octanol–water partition coefficient (Wildman–Crippen LogP) is 5.05. The van der Waals surface area contributed by atoms with Crippen LogP contribution in [0.15, 0.2) is 76.0 Å². The molecule has 0 radical (unpaired) electrons. The van der Waals surface area contributed by atoms with Crippen molar-refractivity contribution in [3.05, 3.63) is 87.6 Å². The summed E-state index contributed by atoms with van der Waals surface area (Å²) in [7, 11) is 0. The van der Waals surface area contributed by atoms with E-state index in [1.54, 1.807) is 43.5 Å². The summed E-state index contributed by atoms with van der Waals surface area (Å²) in [6.45, 7) is 1.56. The standard InChI is InChI=1S/C23H20N2O3S2/c1-15(26)19(24-14-17-5-3-2-4-6-17)11-12-20(27)18-9-7-16(8-10-18)13-21-22(28)25-23(29)30-21/h2-10,13-14,26H,11-12H2,1H3,(H,25,28,29)/b19-15-,21-13-,24-14?. The summed E-state index contributed by atoms with van der Waals surface area (Å²) in [5, 5.41) is 12.5. The fourth-order valence-electron chi connectivity index (χ4n) is 2.74. The van der Waals surface area contributed by atoms with Crippen LogP contribution in [0.4, 0.5) is 0 Å². The third kappa shape index (κ3) is 5.98. The summed E-state index contributed by atoms with van der Waals surface area (Å²) in [5.41, 5.74) is 2.78. The number of aliphatic hydroxyl groups excluding tert-OH is 1. The van der Waals surface area contributed by atoms with Gasteiger partial charge in [0.1, 0.15) is 10.1 Å². The van der Waals surface area contributed by atoms with Crippen LogP contribution in [0.5, 0.6) is 0 Å². The average molecular weight is 437 g/mol. The molecular formula is C23H20N2O3S2. The van der Waals surface area contributed by atoms with Gasteiger partial charge in [0.15, 0.2) is 5.78 Å². The predicted molar refractivity (Wildman–Crippen MR) is 126 cm³/mol. The highest BCUT2D eigenvalue weighted by atomic mass is 32.2. The van der Waals surface area contributed by atoms with Crippen LogP contribution in [0.3, 0.4) is 0 Å². The third-order valence-electron chi connectivity index (χ3n) is 4.35. The molecule has 5 nitrogen and oxygen atoms in total. The molecule has 0 unspecified atom stereocenters. The molecule has 30 heavy (non-hydrogen) atoms. The molecule has 1 fully saturated rings. The second-order valence-electron chi connectivity index (χ2n) is 6.60. The number of amides is 1. The molecular weight excluding hydrogens is 416 g/mol. The number of hydrogen-bond donors (Lipinski definition) is 2. The molecule has 152 valence electrons. The van der Waals surface area contributed by atoms with Crippen LogP contribution >= 0.6 is 24.0 Å². The Morgan fingerprint density at radius 2 is 1.80 bits per heavy atom. The topological polar surface area (TPSA) is 78.8 Å². The van der Waals surface area contributed by atoms with Gasteiger partial charge in [0, 0.05) is 24.6 Å². The zero-order valence-electron chi connectivity index (χ0n) is 16.3. The van der Waals surface area contributed by atoms with Crippen molar-refractivity contribution in [2.45, 2.75) is 19.8 Å². The average Bonchev–Trinajstić information content (AvgIpc) is 3.05. The van der Waals surface area contributed by atoms with Crippen LogP contribution in [0.2, 0.25) is 0 Å². The lowest BCUT2D eigenvalue weighted by atomic mass is 10.0. The number of rotatable bonds is 7. The van der Waals surface area contributed by atoms with E-state index < -0.39 is 0 Å². The quantitative estimate of drug-likeness (QED) is 0.209. The van der Waals surface area contributed by atoms with Crippen LogP contribution in [0, 0.1) is 0 Å². The van der Waals surface area contributed by atoms with Gasteiger partial charge >= 0.3 is 0 Å². The highest BCUT2D eigenvalue weighted by Crippen LogP contribution is 2.26. The Balaban J connectivity index is 1.62. The summed E-state index contributed by atoms with van der Waals surface area (Å²) in [6, 6.07) is 16.6. The minimum atomic E-state index is -0.208. The molecule has 7 heteroatoms. The molecule has 1 amide bonds. The van der Waals surface area contributed by atoms with Crippen molar-refractivity contribution >= 4 is 52.3 Å². The fourth-order valence-corrected chi connectivity index (χ4v) is 3.79. The van der Waals surface area contributed by atoms with Crippen LogP contribution in [-0.4, -0.2) is 27.3 Å². The number of ketones is 1. The van der Waals surface area contributed by atoms with E-state index in [9.17, 15) is 14.7 Å². The molecule has 1 heterocycles. The van der Waals surface area contributed by atoms with Crippen molar-refractivity contribution in [2.24, 2.45) is 4.99 Å². The van der Waals surface area contributed by atoms with Crippen LogP contribution in [0.1, 0.15) is 41.3 Å². The molecule has 2 aromatic rings. The SMILES string of the molecule is C/C(O)=C(\CCC(=O)c1ccc(/C=C2\SC(=S)NC2=O)cc1)N=Cc1ccccc1. The summed E-state index contributed by atoms with van der Waals surface area (Å²) in [4.78, 5) is 29.1. The first-order chi connectivity index (χ1) is 14.4. The minimum Gasteiger partial charge on any atom is -0.511 e. The molecule has 0 saturated carbocycles. The lowest BCUT2D eigenvalue weighted by Gasteiger charge is -2.05. The summed E-state index contributed by atoms with van der Waals surface area (Å²) < 4.78 is 0.441. The molecule has 2 aromatic carbocycles. The number of aliphatic hydroxyl groups is 1. The van der Waals surface area contributed by atoms with Gasteiger partial charge in [0.25, 0.3) is 5.91 Å². The molecule has 0 bridgehead atoms. The summed E-state index contributed by atoms with van der Waals surface area (Å²) in [6.07, 6.45) is 3.98. The maximum Gasteiger partial charge on any atom is 0.263 e. The molecule has 0 aliphatic carbocycles. The third-order valence-corrected chi connectivity index (χ3v) is 5.51. The van der Waals surface area contributed by atoms with Crippen molar-refractivity contribution < 1.29 is 14.7 Å². The van der Waals surface area contributed by atoms with Gasteiger partial charge in [0.05, 0.1) is 10.6 Å². The fraction of sp³-hybridized carbons (Fsp3) is 0.130. The van der Waals surface area contributed by atoms with Crippen molar-refractivity contribution in [1.82, 2.24) is 5.32 Å². The lowest BCUT2D eigenvalue weighted by Crippen LogP contribution is -2.17. The van der Waals surface area contributed by atoms with E-state index in [2.05, 4.69) is 10.3 Å². The van der Waals surface area contributed by atoms with Gasteiger partial charge in [0.2, 0.25) is 0 Å². The second kappa shape index (κ2) is 10.1. The smallest absolute Gasteiger partial charge is 0.263 e. The molecule has 2 N–H and O–H groups in total. The highest BCUT2D eigenvalue weighted by molar-refractivity contribution is 8.26. The first-order valence-electron chi connectivity index (χ1n) is 9.28. The zero-order valence-corrected chi connectivity index (χ0v) is 17.9. The molecule has 1 aliphatic heterocycles. The Bertz CT molecular complexity index is 1050. The minimum absolute atomic E-state index is 0.0444. The zero-order chi connectivity index (χ0) is 21.5. The Labute approximate surface area is 184 Å². The number of nitrogens with one attached hydrogen (secondary N) is 1. The van der Waals surface area contributed by atoms with Crippen molar-refractivity contribution in [3.8, 4) is 0 Å². The molecule has 3 rings (SSSR count). The normalized spacial score (nSPS) is 16.1. The first-order valence-corrected chi connectivity index (χ1v) is 10.5.